The molecular formula is C22H33N3O2. The summed E-state index contributed by atoms with van der Waals surface area (Å²) in [6.07, 6.45) is 8.42. The molecule has 2 amide bonds. The first-order valence-electron chi connectivity index (χ1n) is 10.6. The fourth-order valence-corrected chi connectivity index (χ4v) is 4.31. The molecule has 1 aromatic carbocycles. The van der Waals surface area contributed by atoms with E-state index in [1.165, 1.54) is 6.42 Å². The number of amides is 2. The average Bonchev–Trinajstić information content (AvgIpc) is 2.73. The minimum Gasteiger partial charge on any atom is -0.336 e. The van der Waals surface area contributed by atoms with Crippen LogP contribution in [0.2, 0.25) is 0 Å². The lowest BCUT2D eigenvalue weighted by Gasteiger charge is -2.34. The van der Waals surface area contributed by atoms with Crippen molar-refractivity contribution in [2.75, 3.05) is 25.0 Å². The molecule has 1 saturated carbocycles. The maximum absolute atomic E-state index is 13.2. The number of rotatable bonds is 6. The Bertz CT molecular complexity index is 634. The van der Waals surface area contributed by atoms with Gasteiger partial charge in [-0.2, -0.15) is 0 Å². The summed E-state index contributed by atoms with van der Waals surface area (Å²) in [5, 5.41) is 6.40. The van der Waals surface area contributed by atoms with Crippen molar-refractivity contribution >= 4 is 17.5 Å². The summed E-state index contributed by atoms with van der Waals surface area (Å²) < 4.78 is 0. The summed E-state index contributed by atoms with van der Waals surface area (Å²) in [5.41, 5.74) is 1.40. The molecule has 2 aliphatic rings. The van der Waals surface area contributed by atoms with Crippen molar-refractivity contribution in [3.8, 4) is 0 Å². The molecule has 1 aliphatic carbocycles. The van der Waals surface area contributed by atoms with Crippen LogP contribution in [-0.4, -0.2) is 42.4 Å². The van der Waals surface area contributed by atoms with Crippen molar-refractivity contribution in [2.24, 2.45) is 5.92 Å². The van der Waals surface area contributed by atoms with Crippen LogP contribution in [0.25, 0.3) is 0 Å². The summed E-state index contributed by atoms with van der Waals surface area (Å²) >= 11 is 0. The third-order valence-electron chi connectivity index (χ3n) is 5.83. The van der Waals surface area contributed by atoms with Gasteiger partial charge in [-0.25, -0.2) is 0 Å². The molecule has 5 nitrogen and oxygen atoms in total. The van der Waals surface area contributed by atoms with E-state index < -0.39 is 0 Å². The Morgan fingerprint density at radius 2 is 1.85 bits per heavy atom. The summed E-state index contributed by atoms with van der Waals surface area (Å²) in [4.78, 5) is 27.7. The van der Waals surface area contributed by atoms with Gasteiger partial charge in [-0.3, -0.25) is 9.59 Å². The van der Waals surface area contributed by atoms with E-state index in [0.717, 1.165) is 70.3 Å². The largest absolute Gasteiger partial charge is 0.336 e. The Morgan fingerprint density at radius 3 is 2.56 bits per heavy atom. The van der Waals surface area contributed by atoms with E-state index in [1.54, 1.807) is 0 Å². The lowest BCUT2D eigenvalue weighted by Crippen LogP contribution is -2.46. The minimum absolute atomic E-state index is 0.0810. The van der Waals surface area contributed by atoms with Gasteiger partial charge in [0.2, 0.25) is 5.91 Å². The van der Waals surface area contributed by atoms with Crippen LogP contribution in [0.4, 0.5) is 5.69 Å². The number of hydrogen-bond donors (Lipinski definition) is 2. The molecule has 2 fully saturated rings. The van der Waals surface area contributed by atoms with Gasteiger partial charge in [0.1, 0.15) is 0 Å². The summed E-state index contributed by atoms with van der Waals surface area (Å²) in [7, 11) is 0. The van der Waals surface area contributed by atoms with Crippen LogP contribution < -0.4 is 10.6 Å². The summed E-state index contributed by atoms with van der Waals surface area (Å²) in [6.45, 7) is 4.83. The molecule has 1 saturated heterocycles. The molecule has 0 unspecified atom stereocenters. The molecule has 1 heterocycles. The molecule has 0 atom stereocenters. The quantitative estimate of drug-likeness (QED) is 0.799. The molecule has 2 N–H and O–H groups in total. The van der Waals surface area contributed by atoms with Crippen molar-refractivity contribution < 1.29 is 9.59 Å². The predicted octanol–water partition coefficient (Wildman–Crippen LogP) is 3.81. The van der Waals surface area contributed by atoms with Crippen molar-refractivity contribution in [3.63, 3.8) is 0 Å². The van der Waals surface area contributed by atoms with Gasteiger partial charge in [0.25, 0.3) is 5.91 Å². The molecule has 0 radical (unpaired) electrons. The van der Waals surface area contributed by atoms with Crippen LogP contribution in [0.5, 0.6) is 0 Å². The van der Waals surface area contributed by atoms with Crippen LogP contribution >= 0.6 is 0 Å². The van der Waals surface area contributed by atoms with Gasteiger partial charge >= 0.3 is 0 Å². The zero-order chi connectivity index (χ0) is 19.1. The number of benzene rings is 1. The third kappa shape index (κ3) is 5.32. The molecule has 3 rings (SSSR count). The predicted molar refractivity (Wildman–Crippen MR) is 109 cm³/mol. The number of nitrogens with one attached hydrogen (secondary N) is 2. The number of anilines is 1. The van der Waals surface area contributed by atoms with E-state index in [2.05, 4.69) is 17.6 Å². The van der Waals surface area contributed by atoms with E-state index >= 15 is 0 Å². The zero-order valence-electron chi connectivity index (χ0n) is 16.5. The van der Waals surface area contributed by atoms with E-state index in [0.29, 0.717) is 11.6 Å². The molecule has 0 aromatic heterocycles. The lowest BCUT2D eigenvalue weighted by atomic mass is 9.88. The van der Waals surface area contributed by atoms with Gasteiger partial charge < -0.3 is 15.5 Å². The van der Waals surface area contributed by atoms with Crippen LogP contribution in [-0.2, 0) is 4.79 Å². The van der Waals surface area contributed by atoms with Gasteiger partial charge in [0.15, 0.2) is 0 Å². The monoisotopic (exact) mass is 371 g/mol. The Hall–Kier alpha value is -1.88. The van der Waals surface area contributed by atoms with Crippen LogP contribution in [0.1, 0.15) is 68.6 Å². The van der Waals surface area contributed by atoms with Crippen molar-refractivity contribution in [2.45, 2.75) is 64.3 Å². The van der Waals surface area contributed by atoms with Crippen molar-refractivity contribution in [1.29, 1.82) is 0 Å². The highest BCUT2D eigenvalue weighted by molar-refractivity contribution is 5.97. The lowest BCUT2D eigenvalue weighted by molar-refractivity contribution is -0.120. The Morgan fingerprint density at radius 1 is 1.11 bits per heavy atom. The molecule has 5 heteroatoms. The number of nitrogens with zero attached hydrogens (tertiary/aromatic N) is 1. The average molecular weight is 372 g/mol. The molecule has 1 aromatic rings. The zero-order valence-corrected chi connectivity index (χ0v) is 16.5. The minimum atomic E-state index is 0.0810. The van der Waals surface area contributed by atoms with E-state index in [1.807, 2.05) is 29.2 Å². The third-order valence-corrected chi connectivity index (χ3v) is 5.83. The highest BCUT2D eigenvalue weighted by Gasteiger charge is 2.26. The fraction of sp³-hybridized carbons (Fsp3) is 0.636. The molecule has 0 spiro atoms. The first kappa shape index (κ1) is 19.9. The molecule has 148 valence electrons. The van der Waals surface area contributed by atoms with Gasteiger partial charge in [0.05, 0.1) is 0 Å². The number of carbonyl (C=O) groups excluding carboxylic acids is 2. The SMILES string of the molecule is CCCN(C(=O)c1cccc(NC(=O)C2CCCCC2)c1)C1CCNCC1. The van der Waals surface area contributed by atoms with Gasteiger partial charge in [0, 0.05) is 29.8 Å². The number of carbonyl (C=O) groups is 2. The molecule has 27 heavy (non-hydrogen) atoms. The Kier molecular flexibility index (Phi) is 7.27. The smallest absolute Gasteiger partial charge is 0.254 e. The van der Waals surface area contributed by atoms with Gasteiger partial charge in [-0.1, -0.05) is 32.3 Å². The van der Waals surface area contributed by atoms with E-state index in [4.69, 9.17) is 0 Å². The van der Waals surface area contributed by atoms with Crippen molar-refractivity contribution in [3.05, 3.63) is 29.8 Å². The highest BCUT2D eigenvalue weighted by Crippen LogP contribution is 2.25. The Balaban J connectivity index is 1.68. The highest BCUT2D eigenvalue weighted by atomic mass is 16.2. The first-order chi connectivity index (χ1) is 13.2. The second kappa shape index (κ2) is 9.88. The van der Waals surface area contributed by atoms with Gasteiger partial charge in [-0.05, 0) is 63.4 Å². The number of piperidine rings is 1. The maximum atomic E-state index is 13.2. The molecule has 0 bridgehead atoms. The van der Waals surface area contributed by atoms with Crippen LogP contribution in [0.3, 0.4) is 0 Å². The summed E-state index contributed by atoms with van der Waals surface area (Å²) in [5.74, 6) is 0.296. The Labute approximate surface area is 162 Å². The fourth-order valence-electron chi connectivity index (χ4n) is 4.31. The van der Waals surface area contributed by atoms with E-state index in [9.17, 15) is 9.59 Å². The van der Waals surface area contributed by atoms with E-state index in [-0.39, 0.29) is 17.7 Å². The standard InChI is InChI=1S/C22H33N3O2/c1-2-15-25(20-11-13-23-14-12-20)22(27)18-9-6-10-19(16-18)24-21(26)17-7-4-3-5-8-17/h6,9-10,16-17,20,23H,2-5,7-8,11-15H2,1H3,(H,24,26). The normalized spacial score (nSPS) is 18.9. The van der Waals surface area contributed by atoms with Gasteiger partial charge in [-0.15, -0.1) is 0 Å². The molecule has 1 aliphatic heterocycles. The first-order valence-corrected chi connectivity index (χ1v) is 10.6. The topological polar surface area (TPSA) is 61.4 Å². The second-order valence-electron chi connectivity index (χ2n) is 7.88. The van der Waals surface area contributed by atoms with Crippen LogP contribution in [0.15, 0.2) is 24.3 Å². The van der Waals surface area contributed by atoms with Crippen LogP contribution in [0, 0.1) is 5.92 Å². The second-order valence-corrected chi connectivity index (χ2v) is 7.88. The number of hydrogen-bond acceptors (Lipinski definition) is 3. The molecular weight excluding hydrogens is 338 g/mol. The summed E-state index contributed by atoms with van der Waals surface area (Å²) in [6, 6.07) is 7.76. The van der Waals surface area contributed by atoms with Crippen molar-refractivity contribution in [1.82, 2.24) is 10.2 Å². The maximum Gasteiger partial charge on any atom is 0.254 e.